The summed E-state index contributed by atoms with van der Waals surface area (Å²) in [7, 11) is -3.89. The third-order valence-corrected chi connectivity index (χ3v) is 4.51. The smallest absolute Gasteiger partial charge is 0.256 e. The molecule has 0 N–H and O–H groups in total. The second-order valence-electron chi connectivity index (χ2n) is 5.00. The number of halogens is 3. The molecule has 24 heavy (non-hydrogen) atoms. The topological polar surface area (TPSA) is 83.7 Å². The first-order chi connectivity index (χ1) is 11.2. The fourth-order valence-corrected chi connectivity index (χ4v) is 3.53. The van der Waals surface area contributed by atoms with Crippen LogP contribution in [0.2, 0.25) is 0 Å². The van der Waals surface area contributed by atoms with Crippen LogP contribution < -0.4 is 0 Å². The van der Waals surface area contributed by atoms with E-state index in [1.165, 1.54) is 12.1 Å². The molecule has 2 aromatic rings. The van der Waals surface area contributed by atoms with E-state index in [2.05, 4.69) is 9.97 Å². The molecule has 0 spiro atoms. The molecule has 0 aliphatic carbocycles. The number of hydrogen-bond donors (Lipinski definition) is 0. The highest BCUT2D eigenvalue weighted by Gasteiger charge is 2.36. The molecule has 2 heterocycles. The van der Waals surface area contributed by atoms with Crippen molar-refractivity contribution in [2.75, 3.05) is 0 Å². The Morgan fingerprint density at radius 2 is 1.79 bits per heavy atom. The van der Waals surface area contributed by atoms with Crippen LogP contribution in [-0.2, 0) is 33.9 Å². The first kappa shape index (κ1) is 17.9. The third kappa shape index (κ3) is 4.76. The van der Waals surface area contributed by atoms with E-state index in [0.717, 1.165) is 12.3 Å². The van der Waals surface area contributed by atoms with Gasteiger partial charge >= 0.3 is 6.18 Å². The quantitative estimate of drug-likeness (QED) is 0.823. The predicted molar refractivity (Wildman–Crippen MR) is 79.1 cm³/mol. The van der Waals surface area contributed by atoms with Gasteiger partial charge in [0.15, 0.2) is 9.84 Å². The molecule has 0 aromatic carbocycles. The molecule has 0 atom stereocenters. The first-order valence-electron chi connectivity index (χ1n) is 6.74. The van der Waals surface area contributed by atoms with Gasteiger partial charge in [-0.25, -0.2) is 8.42 Å². The molecule has 9 heteroatoms. The van der Waals surface area contributed by atoms with Crippen molar-refractivity contribution in [3.05, 3.63) is 59.2 Å². The second-order valence-corrected chi connectivity index (χ2v) is 7.06. The van der Waals surface area contributed by atoms with Gasteiger partial charge in [0.1, 0.15) is 5.69 Å². The highest BCUT2D eigenvalue weighted by Crippen LogP contribution is 2.31. The summed E-state index contributed by atoms with van der Waals surface area (Å²) in [6, 6.07) is 8.81. The normalized spacial score (nSPS) is 11.9. The molecule has 0 saturated heterocycles. The van der Waals surface area contributed by atoms with Crippen LogP contribution in [0.1, 0.15) is 22.6 Å². The predicted octanol–water partition coefficient (Wildman–Crippen LogP) is 2.68. The molecule has 0 fully saturated rings. The summed E-state index contributed by atoms with van der Waals surface area (Å²) in [5.41, 5.74) is -1.03. The van der Waals surface area contributed by atoms with Gasteiger partial charge in [-0.1, -0.05) is 12.1 Å². The Bertz CT molecular complexity index is 874. The summed E-state index contributed by atoms with van der Waals surface area (Å²) in [6.07, 6.45) is -3.74. The average molecular weight is 355 g/mol. The number of nitrogens with zero attached hydrogens (tertiary/aromatic N) is 3. The molecule has 0 bridgehead atoms. The van der Waals surface area contributed by atoms with Crippen LogP contribution in [0.3, 0.4) is 0 Å². The van der Waals surface area contributed by atoms with Crippen LogP contribution in [0.4, 0.5) is 13.2 Å². The minimum Gasteiger partial charge on any atom is -0.256 e. The Labute approximate surface area is 136 Å². The number of hydrogen-bond acceptors (Lipinski definition) is 5. The number of rotatable bonds is 5. The Morgan fingerprint density at radius 1 is 1.08 bits per heavy atom. The lowest BCUT2D eigenvalue weighted by Crippen LogP contribution is -2.16. The monoisotopic (exact) mass is 355 g/mol. The van der Waals surface area contributed by atoms with E-state index in [1.54, 1.807) is 12.1 Å². The van der Waals surface area contributed by atoms with Crippen LogP contribution in [0.25, 0.3) is 0 Å². The maximum atomic E-state index is 12.9. The molecule has 0 saturated carbocycles. The Morgan fingerprint density at radius 3 is 2.46 bits per heavy atom. The van der Waals surface area contributed by atoms with Crippen molar-refractivity contribution >= 4 is 9.84 Å². The van der Waals surface area contributed by atoms with E-state index in [9.17, 15) is 21.6 Å². The fraction of sp³-hybridized carbons (Fsp3) is 0.267. The highest BCUT2D eigenvalue weighted by atomic mass is 32.2. The van der Waals surface area contributed by atoms with E-state index < -0.39 is 38.8 Å². The molecule has 5 nitrogen and oxygen atoms in total. The van der Waals surface area contributed by atoms with Crippen molar-refractivity contribution in [1.29, 1.82) is 5.26 Å². The largest absolute Gasteiger partial charge is 0.433 e. The lowest BCUT2D eigenvalue weighted by atomic mass is 10.2. The Kier molecular flexibility index (Phi) is 5.19. The zero-order valence-corrected chi connectivity index (χ0v) is 13.1. The minimum absolute atomic E-state index is 0.0225. The molecule has 2 rings (SSSR count). The molecule has 0 amide bonds. The number of pyridine rings is 2. The maximum Gasteiger partial charge on any atom is 0.433 e. The second kappa shape index (κ2) is 6.97. The van der Waals surface area contributed by atoms with Gasteiger partial charge < -0.3 is 0 Å². The van der Waals surface area contributed by atoms with Gasteiger partial charge in [0.2, 0.25) is 0 Å². The number of alkyl halides is 3. The lowest BCUT2D eigenvalue weighted by molar-refractivity contribution is -0.141. The zero-order chi connectivity index (χ0) is 17.8. The average Bonchev–Trinajstić information content (AvgIpc) is 2.46. The van der Waals surface area contributed by atoms with Crippen LogP contribution in [-0.4, -0.2) is 18.4 Å². The summed E-state index contributed by atoms with van der Waals surface area (Å²) in [4.78, 5) is 7.26. The van der Waals surface area contributed by atoms with Gasteiger partial charge in [-0.3, -0.25) is 9.97 Å². The van der Waals surface area contributed by atoms with E-state index in [0.29, 0.717) is 5.69 Å². The van der Waals surface area contributed by atoms with Gasteiger partial charge in [0.25, 0.3) is 0 Å². The van der Waals surface area contributed by atoms with Crippen LogP contribution in [0, 0.1) is 11.3 Å². The van der Waals surface area contributed by atoms with Crippen molar-refractivity contribution in [2.24, 2.45) is 0 Å². The summed E-state index contributed by atoms with van der Waals surface area (Å²) >= 11 is 0. The van der Waals surface area contributed by atoms with Crippen LogP contribution in [0.15, 0.2) is 36.5 Å². The SMILES string of the molecule is N#CCc1cccc(CS(=O)(=O)Cc2cccnc2C(F)(F)F)n1. The minimum atomic E-state index is -4.73. The molecular weight excluding hydrogens is 343 g/mol. The molecule has 0 radical (unpaired) electrons. The van der Waals surface area contributed by atoms with Crippen molar-refractivity contribution in [3.63, 3.8) is 0 Å². The van der Waals surface area contributed by atoms with Gasteiger partial charge in [0.05, 0.1) is 35.4 Å². The molecule has 2 aromatic heterocycles. The molecule has 0 aliphatic rings. The highest BCUT2D eigenvalue weighted by molar-refractivity contribution is 7.89. The zero-order valence-electron chi connectivity index (χ0n) is 12.3. The third-order valence-electron chi connectivity index (χ3n) is 3.03. The number of sulfone groups is 1. The summed E-state index contributed by atoms with van der Waals surface area (Å²) in [5, 5.41) is 8.62. The lowest BCUT2D eigenvalue weighted by Gasteiger charge is -2.11. The fourth-order valence-electron chi connectivity index (χ4n) is 2.11. The van der Waals surface area contributed by atoms with Crippen molar-refractivity contribution in [2.45, 2.75) is 24.1 Å². The summed E-state index contributed by atoms with van der Waals surface area (Å²) in [6.45, 7) is 0. The first-order valence-corrected chi connectivity index (χ1v) is 8.57. The standard InChI is InChI=1S/C15H12F3N3O2S/c16-15(17,18)14-11(3-2-8-20-14)9-24(22,23)10-13-5-1-4-12(21-13)6-7-19/h1-5,8H,6,9-10H2. The van der Waals surface area contributed by atoms with Crippen LogP contribution >= 0.6 is 0 Å². The maximum absolute atomic E-state index is 12.9. The number of aromatic nitrogens is 2. The van der Waals surface area contributed by atoms with Gasteiger partial charge in [0, 0.05) is 6.20 Å². The van der Waals surface area contributed by atoms with Gasteiger partial charge in [-0.05, 0) is 23.8 Å². The Balaban J connectivity index is 2.24. The van der Waals surface area contributed by atoms with E-state index >= 15 is 0 Å². The van der Waals surface area contributed by atoms with Gasteiger partial charge in [-0.15, -0.1) is 0 Å². The van der Waals surface area contributed by atoms with E-state index in [-0.39, 0.29) is 12.1 Å². The van der Waals surface area contributed by atoms with Crippen molar-refractivity contribution in [3.8, 4) is 6.07 Å². The molecular formula is C15H12F3N3O2S. The molecule has 126 valence electrons. The van der Waals surface area contributed by atoms with E-state index in [1.807, 2.05) is 6.07 Å². The van der Waals surface area contributed by atoms with Crippen molar-refractivity contribution < 1.29 is 21.6 Å². The molecule has 0 unspecified atom stereocenters. The van der Waals surface area contributed by atoms with Crippen molar-refractivity contribution in [1.82, 2.24) is 9.97 Å². The van der Waals surface area contributed by atoms with E-state index in [4.69, 9.17) is 5.26 Å². The van der Waals surface area contributed by atoms with Crippen LogP contribution in [0.5, 0.6) is 0 Å². The van der Waals surface area contributed by atoms with Gasteiger partial charge in [-0.2, -0.15) is 18.4 Å². The summed E-state index contributed by atoms with van der Waals surface area (Å²) in [5.74, 6) is -1.31. The molecule has 0 aliphatic heterocycles. The summed E-state index contributed by atoms with van der Waals surface area (Å²) < 4.78 is 63.1. The number of nitriles is 1. The Hall–Kier alpha value is -2.47.